The van der Waals surface area contributed by atoms with Crippen LogP contribution in [0.3, 0.4) is 0 Å². The number of aromatic hydroxyl groups is 1. The molecule has 14 heavy (non-hydrogen) atoms. The van der Waals surface area contributed by atoms with E-state index in [-0.39, 0.29) is 17.6 Å². The van der Waals surface area contributed by atoms with Crippen molar-refractivity contribution in [3.05, 3.63) is 29.3 Å². The summed E-state index contributed by atoms with van der Waals surface area (Å²) >= 11 is 0. The smallest absolute Gasteiger partial charge is 0.307 e. The summed E-state index contributed by atoms with van der Waals surface area (Å²) in [5.74, 6) is -0.843. The van der Waals surface area contributed by atoms with Crippen LogP contribution in [0.1, 0.15) is 24.0 Å². The summed E-state index contributed by atoms with van der Waals surface area (Å²) < 4.78 is 0. The third-order valence-corrected chi connectivity index (χ3v) is 2.98. The molecule has 0 aliphatic heterocycles. The minimum Gasteiger partial charge on any atom is -0.508 e. The first kappa shape index (κ1) is 9.06. The molecule has 0 spiro atoms. The summed E-state index contributed by atoms with van der Waals surface area (Å²) in [4.78, 5) is 10.9. The first-order valence-corrected chi connectivity index (χ1v) is 4.64. The summed E-state index contributed by atoms with van der Waals surface area (Å²) in [5, 5.41) is 18.2. The SMILES string of the molecule is CC1c2ccc(O)cc2CC1C(=O)O. The van der Waals surface area contributed by atoms with Crippen molar-refractivity contribution in [2.45, 2.75) is 19.3 Å². The van der Waals surface area contributed by atoms with Gasteiger partial charge in [-0.1, -0.05) is 13.0 Å². The lowest BCUT2D eigenvalue weighted by Gasteiger charge is -2.09. The molecule has 0 saturated carbocycles. The molecule has 1 aromatic carbocycles. The quantitative estimate of drug-likeness (QED) is 0.712. The van der Waals surface area contributed by atoms with Crippen molar-refractivity contribution in [2.24, 2.45) is 5.92 Å². The van der Waals surface area contributed by atoms with Gasteiger partial charge >= 0.3 is 5.97 Å². The lowest BCUT2D eigenvalue weighted by molar-refractivity contribution is -0.142. The molecule has 0 amide bonds. The zero-order valence-corrected chi connectivity index (χ0v) is 7.90. The van der Waals surface area contributed by atoms with Gasteiger partial charge in [-0.15, -0.1) is 0 Å². The molecule has 2 N–H and O–H groups in total. The van der Waals surface area contributed by atoms with Crippen molar-refractivity contribution in [2.75, 3.05) is 0 Å². The largest absolute Gasteiger partial charge is 0.508 e. The van der Waals surface area contributed by atoms with Gasteiger partial charge in [-0.05, 0) is 35.6 Å². The molecule has 3 nitrogen and oxygen atoms in total. The lowest BCUT2D eigenvalue weighted by Crippen LogP contribution is -2.16. The van der Waals surface area contributed by atoms with Gasteiger partial charge in [0.15, 0.2) is 0 Å². The molecule has 0 saturated heterocycles. The van der Waals surface area contributed by atoms with E-state index in [1.165, 1.54) is 0 Å². The Morgan fingerprint density at radius 1 is 1.50 bits per heavy atom. The van der Waals surface area contributed by atoms with Gasteiger partial charge in [-0.2, -0.15) is 0 Å². The summed E-state index contributed by atoms with van der Waals surface area (Å²) in [5.41, 5.74) is 2.01. The van der Waals surface area contributed by atoms with Gasteiger partial charge in [0.25, 0.3) is 0 Å². The van der Waals surface area contributed by atoms with Gasteiger partial charge in [-0.25, -0.2) is 0 Å². The average Bonchev–Trinajstić information content (AvgIpc) is 2.43. The number of phenolic OH excluding ortho intramolecular Hbond substituents is 1. The number of benzene rings is 1. The lowest BCUT2D eigenvalue weighted by atomic mass is 9.95. The number of carbonyl (C=O) groups is 1. The van der Waals surface area contributed by atoms with Crippen molar-refractivity contribution < 1.29 is 15.0 Å². The maximum atomic E-state index is 10.9. The molecule has 2 atom stereocenters. The number of fused-ring (bicyclic) bond motifs is 1. The normalized spacial score (nSPS) is 24.6. The number of hydrogen-bond donors (Lipinski definition) is 2. The molecule has 0 aromatic heterocycles. The van der Waals surface area contributed by atoms with Crippen LogP contribution in [0.25, 0.3) is 0 Å². The van der Waals surface area contributed by atoms with Crippen LogP contribution in [0.15, 0.2) is 18.2 Å². The Hall–Kier alpha value is -1.51. The molecule has 1 aromatic rings. The van der Waals surface area contributed by atoms with Crippen molar-refractivity contribution in [1.29, 1.82) is 0 Å². The predicted octanol–water partition coefficient (Wildman–Crippen LogP) is 1.75. The minimum atomic E-state index is -0.756. The van der Waals surface area contributed by atoms with E-state index < -0.39 is 5.97 Å². The molecule has 0 fully saturated rings. The topological polar surface area (TPSA) is 57.5 Å². The minimum absolute atomic E-state index is 0.0445. The van der Waals surface area contributed by atoms with Gasteiger partial charge in [0.1, 0.15) is 5.75 Å². The van der Waals surface area contributed by atoms with Crippen molar-refractivity contribution in [3.63, 3.8) is 0 Å². The number of aliphatic carboxylic acids is 1. The number of carboxylic acid groups (broad SMARTS) is 1. The molecule has 0 bridgehead atoms. The fourth-order valence-corrected chi connectivity index (χ4v) is 2.14. The molecule has 0 radical (unpaired) electrons. The fraction of sp³-hybridized carbons (Fsp3) is 0.364. The van der Waals surface area contributed by atoms with Crippen molar-refractivity contribution in [1.82, 2.24) is 0 Å². The van der Waals surface area contributed by atoms with E-state index >= 15 is 0 Å². The highest BCUT2D eigenvalue weighted by atomic mass is 16.4. The monoisotopic (exact) mass is 192 g/mol. The fourth-order valence-electron chi connectivity index (χ4n) is 2.14. The molecule has 1 aliphatic carbocycles. The number of hydrogen-bond acceptors (Lipinski definition) is 2. The van der Waals surface area contributed by atoms with E-state index in [1.807, 2.05) is 13.0 Å². The molecular weight excluding hydrogens is 180 g/mol. The van der Waals surface area contributed by atoms with E-state index in [0.29, 0.717) is 6.42 Å². The van der Waals surface area contributed by atoms with E-state index in [0.717, 1.165) is 11.1 Å². The van der Waals surface area contributed by atoms with Crippen LogP contribution in [0.2, 0.25) is 0 Å². The van der Waals surface area contributed by atoms with Crippen LogP contribution < -0.4 is 0 Å². The summed E-state index contributed by atoms with van der Waals surface area (Å²) in [6, 6.07) is 5.09. The Bertz CT molecular complexity index is 384. The molecular formula is C11H12O3. The number of phenols is 1. The molecule has 1 aliphatic rings. The van der Waals surface area contributed by atoms with Gasteiger partial charge in [-0.3, -0.25) is 4.79 Å². The van der Waals surface area contributed by atoms with E-state index in [4.69, 9.17) is 5.11 Å². The third kappa shape index (κ3) is 1.25. The van der Waals surface area contributed by atoms with Crippen LogP contribution in [0.4, 0.5) is 0 Å². The third-order valence-electron chi connectivity index (χ3n) is 2.98. The first-order chi connectivity index (χ1) is 6.59. The molecule has 2 rings (SSSR count). The maximum absolute atomic E-state index is 10.9. The highest BCUT2D eigenvalue weighted by Gasteiger charge is 2.34. The Kier molecular flexibility index (Phi) is 1.95. The zero-order valence-electron chi connectivity index (χ0n) is 7.90. The van der Waals surface area contributed by atoms with Crippen LogP contribution >= 0.6 is 0 Å². The van der Waals surface area contributed by atoms with Crippen LogP contribution in [0.5, 0.6) is 5.75 Å². The second kappa shape index (κ2) is 3.01. The Morgan fingerprint density at radius 2 is 2.21 bits per heavy atom. The zero-order chi connectivity index (χ0) is 10.3. The van der Waals surface area contributed by atoms with Gasteiger partial charge in [0.05, 0.1) is 5.92 Å². The van der Waals surface area contributed by atoms with Crippen LogP contribution in [-0.4, -0.2) is 16.2 Å². The molecule has 2 unspecified atom stereocenters. The van der Waals surface area contributed by atoms with Gasteiger partial charge < -0.3 is 10.2 Å². The highest BCUT2D eigenvalue weighted by molar-refractivity contribution is 5.73. The Labute approximate surface area is 82.0 Å². The average molecular weight is 192 g/mol. The number of rotatable bonds is 1. The van der Waals surface area contributed by atoms with E-state index in [9.17, 15) is 9.90 Å². The summed E-state index contributed by atoms with van der Waals surface area (Å²) in [6.07, 6.45) is 0.528. The van der Waals surface area contributed by atoms with Crippen LogP contribution in [0, 0.1) is 5.92 Å². The Balaban J connectivity index is 2.40. The van der Waals surface area contributed by atoms with Crippen LogP contribution in [-0.2, 0) is 11.2 Å². The van der Waals surface area contributed by atoms with Gasteiger partial charge in [0.2, 0.25) is 0 Å². The highest BCUT2D eigenvalue weighted by Crippen LogP contribution is 2.38. The standard InChI is InChI=1S/C11H12O3/c1-6-9-3-2-8(12)4-7(9)5-10(6)11(13)14/h2-4,6,10,12H,5H2,1H3,(H,13,14). The van der Waals surface area contributed by atoms with E-state index in [2.05, 4.69) is 0 Å². The molecule has 3 heteroatoms. The summed E-state index contributed by atoms with van der Waals surface area (Å²) in [6.45, 7) is 1.92. The molecule has 74 valence electrons. The maximum Gasteiger partial charge on any atom is 0.307 e. The van der Waals surface area contributed by atoms with Gasteiger partial charge in [0, 0.05) is 0 Å². The van der Waals surface area contributed by atoms with Crippen molar-refractivity contribution in [3.8, 4) is 5.75 Å². The second-order valence-electron chi connectivity index (χ2n) is 3.82. The van der Waals surface area contributed by atoms with Crippen molar-refractivity contribution >= 4 is 5.97 Å². The Morgan fingerprint density at radius 3 is 2.86 bits per heavy atom. The second-order valence-corrected chi connectivity index (χ2v) is 3.82. The summed E-state index contributed by atoms with van der Waals surface area (Å²) in [7, 11) is 0. The molecule has 0 heterocycles. The predicted molar refractivity (Wildman–Crippen MR) is 51.4 cm³/mol. The number of carboxylic acids is 1. The first-order valence-electron chi connectivity index (χ1n) is 4.64. The van der Waals surface area contributed by atoms with E-state index in [1.54, 1.807) is 12.1 Å².